The fourth-order valence-electron chi connectivity index (χ4n) is 3.30. The third kappa shape index (κ3) is 4.86. The zero-order valence-corrected chi connectivity index (χ0v) is 17.0. The van der Waals surface area contributed by atoms with Crippen LogP contribution in [-0.4, -0.2) is 34.1 Å². The number of carbonyl (C=O) groups excluding carboxylic acids is 1. The van der Waals surface area contributed by atoms with Crippen LogP contribution in [0.4, 0.5) is 5.82 Å². The van der Waals surface area contributed by atoms with Crippen LogP contribution in [0.3, 0.4) is 0 Å². The molecule has 29 heavy (non-hydrogen) atoms. The predicted molar refractivity (Wildman–Crippen MR) is 111 cm³/mol. The van der Waals surface area contributed by atoms with Crippen molar-refractivity contribution in [2.75, 3.05) is 18.0 Å². The lowest BCUT2D eigenvalue weighted by atomic mass is 9.96. The molecule has 1 N–H and O–H groups in total. The number of piperidine rings is 1. The number of halogens is 2. The molecule has 0 aliphatic carbocycles. The Balaban J connectivity index is 1.28. The topological polar surface area (TPSA) is 84.2 Å². The van der Waals surface area contributed by atoms with Crippen molar-refractivity contribution in [2.24, 2.45) is 5.92 Å². The molecule has 0 spiro atoms. The van der Waals surface area contributed by atoms with Gasteiger partial charge in [-0.15, -0.1) is 0 Å². The smallest absolute Gasteiger partial charge is 0.246 e. The molecule has 3 aromatic rings. The number of anilines is 1. The van der Waals surface area contributed by atoms with Crippen LogP contribution < -0.4 is 10.2 Å². The maximum atomic E-state index is 12.5. The van der Waals surface area contributed by atoms with Gasteiger partial charge in [0.1, 0.15) is 5.82 Å². The number of nitrogens with one attached hydrogen (secondary N) is 1. The lowest BCUT2D eigenvalue weighted by Gasteiger charge is -2.32. The summed E-state index contributed by atoms with van der Waals surface area (Å²) in [6, 6.07) is 10.9. The van der Waals surface area contributed by atoms with Gasteiger partial charge in [0.05, 0.1) is 11.6 Å². The molecule has 1 aliphatic rings. The standard InChI is InChI=1S/C20H19Cl2N5O2/c21-15-3-1-2-14(10-15)19-25-18(29-26-19)12-24-20(28)13-6-8-27(9-7-13)17-5-4-16(22)11-23-17/h1-5,10-11,13H,6-9,12H2,(H,24,28). The SMILES string of the molecule is O=C(NCc1nc(-c2cccc(Cl)c2)no1)C1CCN(c2ccc(Cl)cn2)CC1. The summed E-state index contributed by atoms with van der Waals surface area (Å²) in [5.41, 5.74) is 0.766. The minimum Gasteiger partial charge on any atom is -0.357 e. The maximum absolute atomic E-state index is 12.5. The number of hydrogen-bond donors (Lipinski definition) is 1. The highest BCUT2D eigenvalue weighted by Gasteiger charge is 2.25. The number of benzene rings is 1. The molecule has 1 saturated heterocycles. The first-order chi connectivity index (χ1) is 14.1. The number of hydrogen-bond acceptors (Lipinski definition) is 6. The molecule has 4 rings (SSSR count). The van der Waals surface area contributed by atoms with E-state index in [0.717, 1.165) is 37.3 Å². The summed E-state index contributed by atoms with van der Waals surface area (Å²) in [4.78, 5) is 23.3. The number of rotatable bonds is 5. The molecular formula is C20H19Cl2N5O2. The van der Waals surface area contributed by atoms with Crippen LogP contribution in [0.5, 0.6) is 0 Å². The number of nitrogens with zero attached hydrogens (tertiary/aromatic N) is 4. The highest BCUT2D eigenvalue weighted by Crippen LogP contribution is 2.23. The van der Waals surface area contributed by atoms with Gasteiger partial charge < -0.3 is 14.7 Å². The van der Waals surface area contributed by atoms with Gasteiger partial charge in [0.25, 0.3) is 0 Å². The van der Waals surface area contributed by atoms with Crippen LogP contribution in [0.15, 0.2) is 47.1 Å². The number of aromatic nitrogens is 3. The monoisotopic (exact) mass is 431 g/mol. The zero-order chi connectivity index (χ0) is 20.2. The van der Waals surface area contributed by atoms with E-state index in [0.29, 0.717) is 21.8 Å². The summed E-state index contributed by atoms with van der Waals surface area (Å²) in [5, 5.41) is 8.06. The normalized spacial score (nSPS) is 14.8. The van der Waals surface area contributed by atoms with E-state index in [2.05, 4.69) is 25.3 Å². The van der Waals surface area contributed by atoms with Crippen LogP contribution in [0.2, 0.25) is 10.0 Å². The van der Waals surface area contributed by atoms with Crippen molar-refractivity contribution in [2.45, 2.75) is 19.4 Å². The maximum Gasteiger partial charge on any atom is 0.246 e. The van der Waals surface area contributed by atoms with Crippen LogP contribution in [0.25, 0.3) is 11.4 Å². The van der Waals surface area contributed by atoms with E-state index in [9.17, 15) is 4.79 Å². The Morgan fingerprint density at radius 3 is 2.72 bits per heavy atom. The highest BCUT2D eigenvalue weighted by molar-refractivity contribution is 6.31. The lowest BCUT2D eigenvalue weighted by molar-refractivity contribution is -0.125. The predicted octanol–water partition coefficient (Wildman–Crippen LogP) is 3.97. The molecule has 9 heteroatoms. The molecule has 7 nitrogen and oxygen atoms in total. The average Bonchev–Trinajstić information content (AvgIpc) is 3.22. The number of pyridine rings is 1. The van der Waals surface area contributed by atoms with E-state index >= 15 is 0 Å². The molecule has 1 aliphatic heterocycles. The van der Waals surface area contributed by atoms with Crippen molar-refractivity contribution in [3.05, 3.63) is 58.5 Å². The minimum absolute atomic E-state index is 0.00350. The fraction of sp³-hybridized carbons (Fsp3) is 0.300. The van der Waals surface area contributed by atoms with E-state index in [-0.39, 0.29) is 18.4 Å². The third-order valence-electron chi connectivity index (χ3n) is 4.87. The second kappa shape index (κ2) is 8.80. The van der Waals surface area contributed by atoms with E-state index in [1.165, 1.54) is 0 Å². The Morgan fingerprint density at radius 1 is 1.17 bits per heavy atom. The Kier molecular flexibility index (Phi) is 5.97. The molecule has 0 unspecified atom stereocenters. The molecule has 0 saturated carbocycles. The van der Waals surface area contributed by atoms with Crippen LogP contribution >= 0.6 is 23.2 Å². The number of amides is 1. The van der Waals surface area contributed by atoms with Gasteiger partial charge in [-0.05, 0) is 37.1 Å². The Hall–Kier alpha value is -2.64. The second-order valence-electron chi connectivity index (χ2n) is 6.84. The molecule has 1 aromatic carbocycles. The molecule has 0 bridgehead atoms. The molecule has 150 valence electrons. The number of carbonyl (C=O) groups is 1. The van der Waals surface area contributed by atoms with Gasteiger partial charge in [0, 0.05) is 35.8 Å². The molecule has 2 aromatic heterocycles. The van der Waals surface area contributed by atoms with Crippen molar-refractivity contribution in [3.8, 4) is 11.4 Å². The largest absolute Gasteiger partial charge is 0.357 e. The molecule has 1 fully saturated rings. The van der Waals surface area contributed by atoms with Gasteiger partial charge in [-0.3, -0.25) is 4.79 Å². The molecule has 0 radical (unpaired) electrons. The first-order valence-electron chi connectivity index (χ1n) is 9.31. The first-order valence-corrected chi connectivity index (χ1v) is 10.1. The van der Waals surface area contributed by atoms with Gasteiger partial charge in [0.15, 0.2) is 0 Å². The lowest BCUT2D eigenvalue weighted by Crippen LogP contribution is -2.40. The van der Waals surface area contributed by atoms with Gasteiger partial charge >= 0.3 is 0 Å². The van der Waals surface area contributed by atoms with Gasteiger partial charge in [0.2, 0.25) is 17.6 Å². The van der Waals surface area contributed by atoms with Crippen LogP contribution in [-0.2, 0) is 11.3 Å². The summed E-state index contributed by atoms with van der Waals surface area (Å²) in [6.45, 7) is 1.74. The molecule has 3 heterocycles. The Morgan fingerprint density at radius 2 is 2.00 bits per heavy atom. The van der Waals surface area contributed by atoms with E-state index < -0.39 is 0 Å². The fourth-order valence-corrected chi connectivity index (χ4v) is 3.61. The second-order valence-corrected chi connectivity index (χ2v) is 7.71. The van der Waals surface area contributed by atoms with Crippen molar-refractivity contribution in [3.63, 3.8) is 0 Å². The van der Waals surface area contributed by atoms with E-state index in [4.69, 9.17) is 27.7 Å². The summed E-state index contributed by atoms with van der Waals surface area (Å²) in [7, 11) is 0. The van der Waals surface area contributed by atoms with Crippen molar-refractivity contribution >= 4 is 34.9 Å². The van der Waals surface area contributed by atoms with Gasteiger partial charge in [-0.1, -0.05) is 40.5 Å². The first kappa shape index (κ1) is 19.7. The highest BCUT2D eigenvalue weighted by atomic mass is 35.5. The Labute approximate surface area is 178 Å². The summed E-state index contributed by atoms with van der Waals surface area (Å²) < 4.78 is 5.24. The van der Waals surface area contributed by atoms with Gasteiger partial charge in [-0.2, -0.15) is 4.98 Å². The zero-order valence-electron chi connectivity index (χ0n) is 15.5. The van der Waals surface area contributed by atoms with E-state index in [1.54, 1.807) is 18.3 Å². The van der Waals surface area contributed by atoms with Crippen LogP contribution in [0, 0.1) is 5.92 Å². The molecular weight excluding hydrogens is 413 g/mol. The summed E-state index contributed by atoms with van der Waals surface area (Å²) in [5.74, 6) is 1.63. The van der Waals surface area contributed by atoms with E-state index in [1.807, 2.05) is 24.3 Å². The quantitative estimate of drug-likeness (QED) is 0.657. The third-order valence-corrected chi connectivity index (χ3v) is 5.32. The van der Waals surface area contributed by atoms with Crippen molar-refractivity contribution in [1.82, 2.24) is 20.4 Å². The minimum atomic E-state index is -0.0473. The molecule has 1 amide bonds. The van der Waals surface area contributed by atoms with Crippen molar-refractivity contribution < 1.29 is 9.32 Å². The Bertz CT molecular complexity index is 985. The van der Waals surface area contributed by atoms with Crippen LogP contribution in [0.1, 0.15) is 18.7 Å². The summed E-state index contributed by atoms with van der Waals surface area (Å²) >= 11 is 11.9. The van der Waals surface area contributed by atoms with Crippen molar-refractivity contribution in [1.29, 1.82) is 0 Å². The average molecular weight is 432 g/mol. The summed E-state index contributed by atoms with van der Waals surface area (Å²) in [6.07, 6.45) is 3.15. The molecule has 0 atom stereocenters. The van der Waals surface area contributed by atoms with Gasteiger partial charge in [-0.25, -0.2) is 4.98 Å².